The molecule has 8 heteroatoms. The number of carbonyl (C=O) groups excluding carboxylic acids is 2. The van der Waals surface area contributed by atoms with Gasteiger partial charge in [0, 0.05) is 43.4 Å². The van der Waals surface area contributed by atoms with E-state index < -0.39 is 0 Å². The third kappa shape index (κ3) is 5.90. The van der Waals surface area contributed by atoms with E-state index in [1.165, 1.54) is 5.56 Å². The number of urea groups is 1. The highest BCUT2D eigenvalue weighted by Gasteiger charge is 2.33. The molecule has 0 bridgehead atoms. The highest BCUT2D eigenvalue weighted by Crippen LogP contribution is 2.36. The number of anilines is 2. The van der Waals surface area contributed by atoms with E-state index >= 15 is 0 Å². The molecule has 2 saturated heterocycles. The molecule has 2 aromatic carbocycles. The Balaban J connectivity index is 1.25. The molecule has 0 unspecified atom stereocenters. The third-order valence-electron chi connectivity index (χ3n) is 7.42. The Morgan fingerprint density at radius 2 is 1.89 bits per heavy atom. The van der Waals surface area contributed by atoms with Crippen molar-refractivity contribution < 1.29 is 19.1 Å². The number of benzene rings is 2. The molecule has 0 radical (unpaired) electrons. The van der Waals surface area contributed by atoms with Crippen molar-refractivity contribution in [1.29, 1.82) is 0 Å². The van der Waals surface area contributed by atoms with Crippen LogP contribution in [0.1, 0.15) is 43.6 Å². The van der Waals surface area contributed by atoms with E-state index in [2.05, 4.69) is 22.8 Å². The summed E-state index contributed by atoms with van der Waals surface area (Å²) in [7, 11) is 0. The number of fused-ring (bicyclic) bond motifs is 2. The zero-order chi connectivity index (χ0) is 24.2. The highest BCUT2D eigenvalue weighted by atomic mass is 35.5. The van der Waals surface area contributed by atoms with Gasteiger partial charge in [0.1, 0.15) is 5.75 Å². The summed E-state index contributed by atoms with van der Waals surface area (Å²) in [4.78, 5) is 27.7. The fraction of sp³-hybridized carbons (Fsp3) is 0.481. The maximum atomic E-state index is 13.0. The Labute approximate surface area is 211 Å². The van der Waals surface area contributed by atoms with Crippen LogP contribution >= 0.6 is 11.6 Å². The van der Waals surface area contributed by atoms with Gasteiger partial charge >= 0.3 is 6.03 Å². The molecule has 5 rings (SSSR count). The van der Waals surface area contributed by atoms with E-state index in [9.17, 15) is 9.59 Å². The normalized spacial score (nSPS) is 23.3. The van der Waals surface area contributed by atoms with Crippen LogP contribution in [-0.2, 0) is 9.53 Å². The van der Waals surface area contributed by atoms with E-state index in [1.807, 2.05) is 23.1 Å². The standard InChI is InChI=1S/C27H32ClN3O4/c28-22-2-1-3-23(16-22)29-27(33)31-10-6-20-15-26(32)30-24-14-19(18-7-11-34-12-8-18)4-5-25(24)35-13-9-21(20)17-31/h1-5,14,16,18,20-21H,6-13,15,17H2,(H,29,33)(H,30,32)/t20-,21-/m0/s1. The first-order chi connectivity index (χ1) is 17.0. The number of likely N-dealkylation sites (tertiary alicyclic amines) is 1. The Bertz CT molecular complexity index is 1070. The van der Waals surface area contributed by atoms with Gasteiger partial charge in [-0.2, -0.15) is 0 Å². The second kappa shape index (κ2) is 10.9. The van der Waals surface area contributed by atoms with Gasteiger partial charge in [-0.3, -0.25) is 4.79 Å². The summed E-state index contributed by atoms with van der Waals surface area (Å²) in [5.41, 5.74) is 2.66. The minimum Gasteiger partial charge on any atom is -0.491 e. The van der Waals surface area contributed by atoms with Gasteiger partial charge in [-0.1, -0.05) is 23.7 Å². The van der Waals surface area contributed by atoms with Gasteiger partial charge in [0.15, 0.2) is 0 Å². The maximum Gasteiger partial charge on any atom is 0.321 e. The summed E-state index contributed by atoms with van der Waals surface area (Å²) < 4.78 is 11.6. The topological polar surface area (TPSA) is 79.9 Å². The van der Waals surface area contributed by atoms with Crippen LogP contribution in [0.2, 0.25) is 5.02 Å². The number of rotatable bonds is 2. The average Bonchev–Trinajstić information content (AvgIpc) is 2.86. The first-order valence-corrected chi connectivity index (χ1v) is 12.9. The molecular formula is C27H32ClN3O4. The van der Waals surface area contributed by atoms with Crippen LogP contribution in [-0.4, -0.2) is 49.7 Å². The third-order valence-corrected chi connectivity index (χ3v) is 7.65. The van der Waals surface area contributed by atoms with Crippen LogP contribution in [0.3, 0.4) is 0 Å². The molecular weight excluding hydrogens is 466 g/mol. The molecule has 3 amide bonds. The fourth-order valence-electron chi connectivity index (χ4n) is 5.45. The lowest BCUT2D eigenvalue weighted by atomic mass is 9.81. The van der Waals surface area contributed by atoms with Crippen molar-refractivity contribution in [3.8, 4) is 5.75 Å². The number of ether oxygens (including phenoxy) is 2. The minimum atomic E-state index is -0.140. The molecule has 186 valence electrons. The number of hydrogen-bond acceptors (Lipinski definition) is 4. The first-order valence-electron chi connectivity index (χ1n) is 12.5. The van der Waals surface area contributed by atoms with Crippen molar-refractivity contribution in [2.24, 2.45) is 11.8 Å². The SMILES string of the molecule is O=C1C[C@@H]2CCN(C(=O)Nc3cccc(Cl)c3)C[C@@H]2CCOc2ccc(C3CCOCC3)cc2N1. The van der Waals surface area contributed by atoms with Gasteiger partial charge in [-0.15, -0.1) is 0 Å². The second-order valence-electron chi connectivity index (χ2n) is 9.73. The molecule has 2 atom stereocenters. The summed E-state index contributed by atoms with van der Waals surface area (Å²) in [6, 6.07) is 13.2. The van der Waals surface area contributed by atoms with Crippen LogP contribution in [0.5, 0.6) is 5.75 Å². The number of hydrogen-bond donors (Lipinski definition) is 2. The average molecular weight is 498 g/mol. The molecule has 3 aliphatic rings. The summed E-state index contributed by atoms with van der Waals surface area (Å²) in [5.74, 6) is 1.58. The first kappa shape index (κ1) is 23.9. The summed E-state index contributed by atoms with van der Waals surface area (Å²) in [5, 5.41) is 6.63. The fourth-order valence-corrected chi connectivity index (χ4v) is 5.64. The number of nitrogens with one attached hydrogen (secondary N) is 2. The van der Waals surface area contributed by atoms with Crippen molar-refractivity contribution in [1.82, 2.24) is 4.90 Å². The predicted octanol–water partition coefficient (Wildman–Crippen LogP) is 5.52. The van der Waals surface area contributed by atoms with Gasteiger partial charge < -0.3 is 25.0 Å². The summed E-state index contributed by atoms with van der Waals surface area (Å²) in [6.07, 6.45) is 4.03. The maximum absolute atomic E-state index is 13.0. The zero-order valence-corrected chi connectivity index (χ0v) is 20.6. The molecule has 2 N–H and O–H groups in total. The summed E-state index contributed by atoms with van der Waals surface area (Å²) >= 11 is 6.04. The van der Waals surface area contributed by atoms with Crippen LogP contribution < -0.4 is 15.4 Å². The molecule has 0 aliphatic carbocycles. The largest absolute Gasteiger partial charge is 0.491 e. The molecule has 7 nitrogen and oxygen atoms in total. The Morgan fingerprint density at radius 1 is 1.03 bits per heavy atom. The number of halogens is 1. The quantitative estimate of drug-likeness (QED) is 0.573. The van der Waals surface area contributed by atoms with Crippen molar-refractivity contribution in [3.05, 3.63) is 53.1 Å². The van der Waals surface area contributed by atoms with Crippen LogP contribution in [0.4, 0.5) is 16.2 Å². The second-order valence-corrected chi connectivity index (χ2v) is 10.2. The number of amides is 3. The Hall–Kier alpha value is -2.77. The van der Waals surface area contributed by atoms with E-state index in [0.717, 1.165) is 44.6 Å². The van der Waals surface area contributed by atoms with Crippen LogP contribution in [0.25, 0.3) is 0 Å². The van der Waals surface area contributed by atoms with Gasteiger partial charge in [0.25, 0.3) is 0 Å². The van der Waals surface area contributed by atoms with Gasteiger partial charge in [-0.05, 0) is 79.3 Å². The van der Waals surface area contributed by atoms with Gasteiger partial charge in [0.05, 0.1) is 12.3 Å². The lowest BCUT2D eigenvalue weighted by molar-refractivity contribution is -0.118. The Kier molecular flexibility index (Phi) is 7.44. The number of piperidine rings is 1. The smallest absolute Gasteiger partial charge is 0.321 e. The predicted molar refractivity (Wildman–Crippen MR) is 136 cm³/mol. The van der Waals surface area contributed by atoms with Gasteiger partial charge in [0.2, 0.25) is 5.91 Å². The minimum absolute atomic E-state index is 0.00714. The number of carbonyl (C=O) groups is 2. The molecule has 0 saturated carbocycles. The zero-order valence-electron chi connectivity index (χ0n) is 19.8. The van der Waals surface area contributed by atoms with Gasteiger partial charge in [-0.25, -0.2) is 4.79 Å². The van der Waals surface area contributed by atoms with E-state index in [-0.39, 0.29) is 23.8 Å². The van der Waals surface area contributed by atoms with Crippen LogP contribution in [0.15, 0.2) is 42.5 Å². The molecule has 3 aliphatic heterocycles. The summed E-state index contributed by atoms with van der Waals surface area (Å²) in [6.45, 7) is 3.32. The molecule has 2 aromatic rings. The highest BCUT2D eigenvalue weighted by molar-refractivity contribution is 6.30. The number of nitrogens with zero attached hydrogens (tertiary/aromatic N) is 1. The van der Waals surface area contributed by atoms with E-state index in [4.69, 9.17) is 21.1 Å². The lowest BCUT2D eigenvalue weighted by Crippen LogP contribution is -2.46. The molecule has 0 spiro atoms. The molecule has 2 fully saturated rings. The van der Waals surface area contributed by atoms with Crippen LogP contribution in [0, 0.1) is 11.8 Å². The Morgan fingerprint density at radius 3 is 2.71 bits per heavy atom. The van der Waals surface area contributed by atoms with Crippen molar-refractivity contribution in [2.75, 3.05) is 43.5 Å². The van der Waals surface area contributed by atoms with Crippen molar-refractivity contribution in [2.45, 2.75) is 38.0 Å². The van der Waals surface area contributed by atoms with Crippen molar-refractivity contribution >= 4 is 34.9 Å². The van der Waals surface area contributed by atoms with E-state index in [1.54, 1.807) is 12.1 Å². The van der Waals surface area contributed by atoms with Crippen molar-refractivity contribution in [3.63, 3.8) is 0 Å². The van der Waals surface area contributed by atoms with E-state index in [0.29, 0.717) is 48.5 Å². The lowest BCUT2D eigenvalue weighted by Gasteiger charge is -2.39. The molecule has 0 aromatic heterocycles. The molecule has 3 heterocycles. The monoisotopic (exact) mass is 497 g/mol. The molecule has 35 heavy (non-hydrogen) atoms.